The number of anilines is 1. The molecule has 7 heteroatoms. The van der Waals surface area contributed by atoms with E-state index in [-0.39, 0.29) is 17.4 Å². The molecule has 90 valence electrons. The number of nitro groups is 1. The molecular formula is C10H12N4O3. The van der Waals surface area contributed by atoms with Gasteiger partial charge in [0, 0.05) is 25.7 Å². The van der Waals surface area contributed by atoms with E-state index in [4.69, 9.17) is 5.73 Å². The smallest absolute Gasteiger partial charge is 0.311 e. The average molecular weight is 236 g/mol. The van der Waals surface area contributed by atoms with Gasteiger partial charge in [-0.05, 0) is 5.56 Å². The van der Waals surface area contributed by atoms with E-state index in [2.05, 4.69) is 10.3 Å². The summed E-state index contributed by atoms with van der Waals surface area (Å²) in [5.41, 5.74) is 5.67. The maximum Gasteiger partial charge on any atom is 0.311 e. The van der Waals surface area contributed by atoms with Crippen LogP contribution in [0.1, 0.15) is 12.5 Å². The summed E-state index contributed by atoms with van der Waals surface area (Å²) >= 11 is 0. The van der Waals surface area contributed by atoms with Crippen molar-refractivity contribution in [3.05, 3.63) is 34.0 Å². The molecule has 0 radical (unpaired) electrons. The molecular weight excluding hydrogens is 224 g/mol. The minimum Gasteiger partial charge on any atom is -0.378 e. The van der Waals surface area contributed by atoms with E-state index in [1.807, 2.05) is 0 Å². The molecule has 7 nitrogen and oxygen atoms in total. The number of nitrogen functional groups attached to an aromatic ring is 1. The molecule has 1 aromatic rings. The Morgan fingerprint density at radius 2 is 2.41 bits per heavy atom. The number of amides is 1. The first-order valence-electron chi connectivity index (χ1n) is 4.81. The molecule has 0 atom stereocenters. The van der Waals surface area contributed by atoms with E-state index in [9.17, 15) is 14.9 Å². The van der Waals surface area contributed by atoms with Crippen LogP contribution in [0.25, 0.3) is 6.08 Å². The largest absolute Gasteiger partial charge is 0.378 e. The van der Waals surface area contributed by atoms with Crippen LogP contribution in [0, 0.1) is 10.1 Å². The molecule has 1 amide bonds. The van der Waals surface area contributed by atoms with Crippen molar-refractivity contribution in [3.63, 3.8) is 0 Å². The number of hydrogen-bond acceptors (Lipinski definition) is 5. The Hall–Kier alpha value is -2.44. The van der Waals surface area contributed by atoms with Gasteiger partial charge in [-0.2, -0.15) is 0 Å². The van der Waals surface area contributed by atoms with Crippen molar-refractivity contribution in [2.24, 2.45) is 0 Å². The first-order valence-corrected chi connectivity index (χ1v) is 4.81. The second-order valence-corrected chi connectivity index (χ2v) is 3.27. The molecule has 0 aliphatic heterocycles. The molecule has 0 aliphatic carbocycles. The second kappa shape index (κ2) is 5.59. The summed E-state index contributed by atoms with van der Waals surface area (Å²) in [7, 11) is 0. The predicted molar refractivity (Wildman–Crippen MR) is 63.0 cm³/mol. The summed E-state index contributed by atoms with van der Waals surface area (Å²) in [6, 6.07) is 1.33. The van der Waals surface area contributed by atoms with Gasteiger partial charge in [0.1, 0.15) is 0 Å². The van der Waals surface area contributed by atoms with E-state index in [0.29, 0.717) is 12.1 Å². The van der Waals surface area contributed by atoms with Gasteiger partial charge in [0.15, 0.2) is 0 Å². The van der Waals surface area contributed by atoms with Gasteiger partial charge in [-0.15, -0.1) is 0 Å². The Balaban J connectivity index is 2.75. The van der Waals surface area contributed by atoms with E-state index < -0.39 is 4.92 Å². The molecule has 0 saturated heterocycles. The summed E-state index contributed by atoms with van der Waals surface area (Å²) in [6.45, 7) is 1.76. The van der Waals surface area contributed by atoms with Crippen molar-refractivity contribution < 1.29 is 9.72 Å². The topological polar surface area (TPSA) is 111 Å². The fourth-order valence-electron chi connectivity index (χ4n) is 1.11. The Morgan fingerprint density at radius 1 is 1.71 bits per heavy atom. The van der Waals surface area contributed by atoms with Gasteiger partial charge in [0.25, 0.3) is 0 Å². The maximum atomic E-state index is 10.6. The molecule has 17 heavy (non-hydrogen) atoms. The molecule has 0 spiro atoms. The lowest BCUT2D eigenvalue weighted by molar-refractivity contribution is -0.384. The van der Waals surface area contributed by atoms with Crippen molar-refractivity contribution in [1.82, 2.24) is 10.3 Å². The van der Waals surface area contributed by atoms with Crippen molar-refractivity contribution in [3.8, 4) is 0 Å². The van der Waals surface area contributed by atoms with Crippen molar-refractivity contribution in [1.29, 1.82) is 0 Å². The number of nitrogens with two attached hydrogens (primary N) is 1. The molecule has 0 saturated carbocycles. The summed E-state index contributed by atoms with van der Waals surface area (Å²) in [6.07, 6.45) is 4.71. The van der Waals surface area contributed by atoms with Crippen LogP contribution in [0.2, 0.25) is 0 Å². The number of carbonyl (C=O) groups excluding carboxylic acids is 1. The fourth-order valence-corrected chi connectivity index (χ4v) is 1.11. The van der Waals surface area contributed by atoms with Crippen LogP contribution < -0.4 is 11.1 Å². The number of carbonyl (C=O) groups is 1. The highest BCUT2D eigenvalue weighted by atomic mass is 16.6. The Labute approximate surface area is 97.5 Å². The van der Waals surface area contributed by atoms with Crippen LogP contribution in [0.3, 0.4) is 0 Å². The lowest BCUT2D eigenvalue weighted by Crippen LogP contribution is -2.19. The maximum absolute atomic E-state index is 10.6. The highest BCUT2D eigenvalue weighted by molar-refractivity contribution is 5.73. The van der Waals surface area contributed by atoms with Gasteiger partial charge in [-0.1, -0.05) is 12.2 Å². The zero-order chi connectivity index (χ0) is 12.8. The molecule has 0 aromatic carbocycles. The second-order valence-electron chi connectivity index (χ2n) is 3.27. The molecule has 0 bridgehead atoms. The lowest BCUT2D eigenvalue weighted by Gasteiger charge is -1.98. The quantitative estimate of drug-likeness (QED) is 0.591. The summed E-state index contributed by atoms with van der Waals surface area (Å²) in [5.74, 6) is -0.259. The van der Waals surface area contributed by atoms with Crippen molar-refractivity contribution >= 4 is 23.5 Å². The van der Waals surface area contributed by atoms with Crippen LogP contribution in [-0.4, -0.2) is 22.4 Å². The average Bonchev–Trinajstić information content (AvgIpc) is 2.25. The fraction of sp³-hybridized carbons (Fsp3) is 0.200. The number of nitrogens with one attached hydrogen (secondary N) is 1. The van der Waals surface area contributed by atoms with Crippen LogP contribution in [0.5, 0.6) is 0 Å². The van der Waals surface area contributed by atoms with E-state index in [0.717, 1.165) is 0 Å². The van der Waals surface area contributed by atoms with Gasteiger partial charge in [0.2, 0.25) is 11.7 Å². The molecule has 1 heterocycles. The minimum atomic E-state index is -0.590. The number of nitrogens with zero attached hydrogens (tertiary/aromatic N) is 2. The van der Waals surface area contributed by atoms with Gasteiger partial charge in [0.05, 0.1) is 4.92 Å². The van der Waals surface area contributed by atoms with Gasteiger partial charge in [-0.3, -0.25) is 14.9 Å². The summed E-state index contributed by atoms with van der Waals surface area (Å²) in [4.78, 5) is 24.3. The third-order valence-electron chi connectivity index (χ3n) is 1.89. The zero-order valence-corrected chi connectivity index (χ0v) is 9.21. The Kier molecular flexibility index (Phi) is 4.15. The van der Waals surface area contributed by atoms with Gasteiger partial charge in [-0.25, -0.2) is 4.98 Å². The van der Waals surface area contributed by atoms with E-state index in [1.165, 1.54) is 19.2 Å². The molecule has 1 rings (SSSR count). The SMILES string of the molecule is CC(=O)NCC=Cc1cnc(N)c([N+](=O)[O-])c1. The number of hydrogen-bond donors (Lipinski definition) is 2. The van der Waals surface area contributed by atoms with Crippen LogP contribution in [-0.2, 0) is 4.79 Å². The number of pyridine rings is 1. The van der Waals surface area contributed by atoms with Crippen LogP contribution in [0.4, 0.5) is 11.5 Å². The van der Waals surface area contributed by atoms with E-state index >= 15 is 0 Å². The normalized spacial score (nSPS) is 10.4. The Morgan fingerprint density at radius 3 is 3.00 bits per heavy atom. The summed E-state index contributed by atoms with van der Waals surface area (Å²) in [5, 5.41) is 13.2. The van der Waals surface area contributed by atoms with Crippen molar-refractivity contribution in [2.75, 3.05) is 12.3 Å². The lowest BCUT2D eigenvalue weighted by atomic mass is 10.2. The third-order valence-corrected chi connectivity index (χ3v) is 1.89. The molecule has 0 aliphatic rings. The first kappa shape index (κ1) is 12.6. The number of rotatable bonds is 4. The first-order chi connectivity index (χ1) is 8.00. The molecule has 1 aromatic heterocycles. The third kappa shape index (κ3) is 3.90. The Bertz CT molecular complexity index is 471. The monoisotopic (exact) mass is 236 g/mol. The molecule has 0 unspecified atom stereocenters. The van der Waals surface area contributed by atoms with E-state index in [1.54, 1.807) is 12.2 Å². The molecule has 0 fully saturated rings. The predicted octanol–water partition coefficient (Wildman–Crippen LogP) is 0.721. The minimum absolute atomic E-state index is 0.117. The van der Waals surface area contributed by atoms with Gasteiger partial charge >= 0.3 is 5.69 Å². The van der Waals surface area contributed by atoms with Crippen LogP contribution in [0.15, 0.2) is 18.3 Å². The van der Waals surface area contributed by atoms with Gasteiger partial charge < -0.3 is 11.1 Å². The standard InChI is InChI=1S/C10H12N4O3/c1-7(15)12-4-2-3-8-5-9(14(16)17)10(11)13-6-8/h2-3,5-6H,4H2,1H3,(H2,11,13)(H,12,15). The zero-order valence-electron chi connectivity index (χ0n) is 9.21. The molecule has 3 N–H and O–H groups in total. The van der Waals surface area contributed by atoms with Crippen LogP contribution >= 0.6 is 0 Å². The highest BCUT2D eigenvalue weighted by Crippen LogP contribution is 2.19. The number of aromatic nitrogens is 1. The van der Waals surface area contributed by atoms with Crippen molar-refractivity contribution in [2.45, 2.75) is 6.92 Å². The highest BCUT2D eigenvalue weighted by Gasteiger charge is 2.12. The summed E-state index contributed by atoms with van der Waals surface area (Å²) < 4.78 is 0.